The molecule has 1 aromatic rings. The number of likely N-dealkylation sites (N-methyl/N-ethyl adjacent to an activating group) is 1. The number of phosphoric acid groups is 1. The number of allylic oxidation sites excluding steroid dienone is 5. The van der Waals surface area contributed by atoms with Crippen LogP contribution >= 0.6 is 7.82 Å². The first kappa shape index (κ1) is 53.6. The zero-order valence-corrected chi connectivity index (χ0v) is 39.5. The molecule has 0 saturated carbocycles. The molecule has 0 aromatic carbocycles. The smallest absolute Gasteiger partial charge is 0.306 e. The van der Waals surface area contributed by atoms with Crippen molar-refractivity contribution in [2.75, 3.05) is 47.5 Å². The van der Waals surface area contributed by atoms with Gasteiger partial charge in [-0.1, -0.05) is 102 Å². The van der Waals surface area contributed by atoms with E-state index in [1.165, 1.54) is 43.2 Å². The van der Waals surface area contributed by atoms with E-state index in [0.29, 0.717) is 23.9 Å². The fourth-order valence-electron chi connectivity index (χ4n) is 6.79. The number of furan rings is 1. The Bertz CT molecular complexity index is 1460. The maximum Gasteiger partial charge on any atom is 0.306 e. The van der Waals surface area contributed by atoms with E-state index in [1.807, 2.05) is 21.1 Å². The standard InChI is InChI=1S/C48H82NO10P/c1-8-10-11-12-13-14-15-16-17-21-24-27-32-45-46(59-45)33-29-35-47(50)54-38-42(39-56-60(52,53)55-37-36-49(5,6)7)57-48(51)34-28-25-22-19-18-20-23-26-31-44-41(4)40(3)43(58-44)30-9-2/h13-14,16-17,24,27,42,45-46H,8-12,15,18-23,25-26,28-39H2,1-7H3/b14-13-,17-16-,27-24-/t42-,45?,46?/m1/s1. The van der Waals surface area contributed by atoms with Crippen molar-refractivity contribution in [2.24, 2.45) is 0 Å². The van der Waals surface area contributed by atoms with Crippen molar-refractivity contribution in [1.29, 1.82) is 0 Å². The number of carbonyl (C=O) groups is 2. The molecule has 4 atom stereocenters. The van der Waals surface area contributed by atoms with Crippen molar-refractivity contribution in [3.63, 3.8) is 0 Å². The minimum Gasteiger partial charge on any atom is -0.756 e. The van der Waals surface area contributed by atoms with Gasteiger partial charge in [-0.25, -0.2) is 0 Å². The van der Waals surface area contributed by atoms with Crippen LogP contribution in [0.2, 0.25) is 0 Å². The third-order valence-electron chi connectivity index (χ3n) is 10.8. The van der Waals surface area contributed by atoms with Crippen molar-refractivity contribution in [3.05, 3.63) is 59.1 Å². The van der Waals surface area contributed by atoms with Crippen LogP contribution in [-0.2, 0) is 50.3 Å². The first-order valence-electron chi connectivity index (χ1n) is 23.2. The quantitative estimate of drug-likeness (QED) is 0.0159. The summed E-state index contributed by atoms with van der Waals surface area (Å²) in [6, 6.07) is 0. The van der Waals surface area contributed by atoms with Gasteiger partial charge in [-0.3, -0.25) is 14.2 Å². The largest absolute Gasteiger partial charge is 0.756 e. The molecule has 1 aliphatic heterocycles. The number of rotatable bonds is 37. The van der Waals surface area contributed by atoms with E-state index >= 15 is 0 Å². The number of epoxide rings is 1. The van der Waals surface area contributed by atoms with Crippen LogP contribution in [0.1, 0.15) is 165 Å². The molecule has 0 radical (unpaired) electrons. The molecule has 0 bridgehead atoms. The normalized spacial score (nSPS) is 17.2. The number of nitrogens with zero attached hydrogens (tertiary/aromatic N) is 1. The van der Waals surface area contributed by atoms with Gasteiger partial charge in [0.15, 0.2) is 6.10 Å². The summed E-state index contributed by atoms with van der Waals surface area (Å²) in [5.74, 6) is 1.35. The second-order valence-electron chi connectivity index (χ2n) is 17.4. The van der Waals surface area contributed by atoms with Crippen LogP contribution in [0.4, 0.5) is 0 Å². The molecule has 12 heteroatoms. The first-order chi connectivity index (χ1) is 28.7. The number of hydrogen-bond donors (Lipinski definition) is 0. The Morgan fingerprint density at radius 3 is 2.00 bits per heavy atom. The number of unbranched alkanes of at least 4 members (excludes halogenated alkanes) is 10. The molecule has 0 aliphatic carbocycles. The fourth-order valence-corrected chi connectivity index (χ4v) is 7.52. The second kappa shape index (κ2) is 31.3. The van der Waals surface area contributed by atoms with Gasteiger partial charge < -0.3 is 37.1 Å². The summed E-state index contributed by atoms with van der Waals surface area (Å²) in [6.45, 7) is 8.32. The van der Waals surface area contributed by atoms with Gasteiger partial charge >= 0.3 is 11.9 Å². The molecule has 3 unspecified atom stereocenters. The lowest BCUT2D eigenvalue weighted by Crippen LogP contribution is -2.37. The average Bonchev–Trinajstić information content (AvgIpc) is 3.89. The fraction of sp³-hybridized carbons (Fsp3) is 0.750. The Morgan fingerprint density at radius 1 is 0.717 bits per heavy atom. The monoisotopic (exact) mass is 864 g/mol. The molecular formula is C48H82NO10P. The molecule has 1 saturated heterocycles. The Hall–Kier alpha value is -2.53. The molecular weight excluding hydrogens is 781 g/mol. The third-order valence-corrected chi connectivity index (χ3v) is 11.7. The predicted octanol–water partition coefficient (Wildman–Crippen LogP) is 10.9. The molecule has 11 nitrogen and oxygen atoms in total. The van der Waals surface area contributed by atoms with Crippen LogP contribution in [0.5, 0.6) is 0 Å². The van der Waals surface area contributed by atoms with Crippen LogP contribution in [-0.4, -0.2) is 82.2 Å². The Labute approximate surface area is 363 Å². The molecule has 0 spiro atoms. The van der Waals surface area contributed by atoms with Crippen molar-refractivity contribution >= 4 is 19.8 Å². The Morgan fingerprint density at radius 2 is 1.33 bits per heavy atom. The van der Waals surface area contributed by atoms with E-state index < -0.39 is 32.5 Å². The molecule has 344 valence electrons. The van der Waals surface area contributed by atoms with Gasteiger partial charge in [-0.2, -0.15) is 0 Å². The van der Waals surface area contributed by atoms with Crippen LogP contribution in [0.25, 0.3) is 0 Å². The lowest BCUT2D eigenvalue weighted by Gasteiger charge is -2.28. The van der Waals surface area contributed by atoms with E-state index in [9.17, 15) is 19.0 Å². The van der Waals surface area contributed by atoms with Crippen LogP contribution in [0.3, 0.4) is 0 Å². The molecule has 1 fully saturated rings. The molecule has 0 N–H and O–H groups in total. The number of hydrogen-bond acceptors (Lipinski definition) is 10. The second-order valence-corrected chi connectivity index (χ2v) is 18.8. The lowest BCUT2D eigenvalue weighted by molar-refractivity contribution is -0.870. The highest BCUT2D eigenvalue weighted by molar-refractivity contribution is 7.45. The van der Waals surface area contributed by atoms with Gasteiger partial charge in [-0.05, 0) is 89.2 Å². The van der Waals surface area contributed by atoms with Crippen LogP contribution in [0, 0.1) is 13.8 Å². The topological polar surface area (TPSA) is 137 Å². The van der Waals surface area contributed by atoms with Gasteiger partial charge in [0.25, 0.3) is 7.82 Å². The molecule has 2 rings (SSSR count). The highest BCUT2D eigenvalue weighted by Gasteiger charge is 2.36. The van der Waals surface area contributed by atoms with Gasteiger partial charge in [0.05, 0.1) is 40.0 Å². The van der Waals surface area contributed by atoms with Crippen LogP contribution in [0.15, 0.2) is 40.9 Å². The van der Waals surface area contributed by atoms with Gasteiger partial charge in [-0.15, -0.1) is 0 Å². The van der Waals surface area contributed by atoms with E-state index in [2.05, 4.69) is 64.2 Å². The third kappa shape index (κ3) is 26.7. The van der Waals surface area contributed by atoms with Crippen molar-refractivity contribution in [2.45, 2.75) is 187 Å². The molecule has 2 heterocycles. The summed E-state index contributed by atoms with van der Waals surface area (Å²) in [5.41, 5.74) is 2.61. The minimum absolute atomic E-state index is 0.0511. The lowest BCUT2D eigenvalue weighted by atomic mass is 10.0. The summed E-state index contributed by atoms with van der Waals surface area (Å²) in [4.78, 5) is 37.8. The number of carbonyl (C=O) groups excluding carboxylic acids is 2. The van der Waals surface area contributed by atoms with Crippen molar-refractivity contribution in [3.8, 4) is 0 Å². The Balaban J connectivity index is 1.65. The minimum atomic E-state index is -4.66. The first-order valence-corrected chi connectivity index (χ1v) is 24.6. The number of phosphoric ester groups is 1. The molecule has 0 amide bonds. The number of ether oxygens (including phenoxy) is 3. The van der Waals surface area contributed by atoms with Gasteiger partial charge in [0.1, 0.15) is 31.3 Å². The van der Waals surface area contributed by atoms with E-state index in [1.54, 1.807) is 0 Å². The zero-order chi connectivity index (χ0) is 44.1. The van der Waals surface area contributed by atoms with Gasteiger partial charge in [0.2, 0.25) is 0 Å². The van der Waals surface area contributed by atoms with Crippen molar-refractivity contribution in [1.82, 2.24) is 0 Å². The Kier molecular flexibility index (Phi) is 28.0. The number of quaternary nitrogens is 1. The highest BCUT2D eigenvalue weighted by atomic mass is 31.2. The zero-order valence-electron chi connectivity index (χ0n) is 38.6. The molecule has 60 heavy (non-hydrogen) atoms. The SMILES string of the molecule is CCCCC/C=C\C/C=C\C/C=C\CC1OC1CCCC(=O)OC[C@H](COP(=O)([O-])OCC[N+](C)(C)C)OC(=O)CCCCCCCCCCc1oc(CCC)c(C)c1C. The summed E-state index contributed by atoms with van der Waals surface area (Å²) >= 11 is 0. The summed E-state index contributed by atoms with van der Waals surface area (Å²) in [7, 11) is 1.10. The van der Waals surface area contributed by atoms with E-state index in [0.717, 1.165) is 95.0 Å². The summed E-state index contributed by atoms with van der Waals surface area (Å²) in [6.07, 6.45) is 33.2. The van der Waals surface area contributed by atoms with E-state index in [4.69, 9.17) is 27.7 Å². The summed E-state index contributed by atoms with van der Waals surface area (Å²) in [5, 5.41) is 0. The highest BCUT2D eigenvalue weighted by Crippen LogP contribution is 2.38. The number of aryl methyl sites for hydroxylation is 2. The predicted molar refractivity (Wildman–Crippen MR) is 239 cm³/mol. The average molecular weight is 864 g/mol. The van der Waals surface area contributed by atoms with E-state index in [-0.39, 0.29) is 38.3 Å². The number of esters is 2. The maximum absolute atomic E-state index is 12.8. The van der Waals surface area contributed by atoms with Crippen molar-refractivity contribution < 1.29 is 51.2 Å². The van der Waals surface area contributed by atoms with Gasteiger partial charge in [0, 0.05) is 25.7 Å². The molecule has 1 aliphatic rings. The molecule has 1 aromatic heterocycles. The summed E-state index contributed by atoms with van der Waals surface area (Å²) < 4.78 is 45.9. The maximum atomic E-state index is 12.8. The van der Waals surface area contributed by atoms with Crippen LogP contribution < -0.4 is 4.89 Å².